The highest BCUT2D eigenvalue weighted by atomic mass is 14.9. The second kappa shape index (κ2) is 7.03. The Morgan fingerprint density at radius 3 is 2.42 bits per heavy atom. The Bertz CT molecular complexity index is 427. The first-order valence-electron chi connectivity index (χ1n) is 6.88. The lowest BCUT2D eigenvalue weighted by molar-refractivity contribution is 0.556. The number of nitrogens with two attached hydrogens (primary N) is 1. The van der Waals surface area contributed by atoms with Crippen molar-refractivity contribution in [3.8, 4) is 0 Å². The maximum absolute atomic E-state index is 5.64. The fraction of sp³-hybridized carbons (Fsp3) is 0.412. The lowest BCUT2D eigenvalue weighted by Gasteiger charge is -2.17. The third kappa shape index (κ3) is 4.82. The molecule has 2 nitrogen and oxygen atoms in total. The number of hydrogen-bond acceptors (Lipinski definition) is 2. The van der Waals surface area contributed by atoms with Gasteiger partial charge in [0.25, 0.3) is 0 Å². The van der Waals surface area contributed by atoms with Crippen LogP contribution in [0.25, 0.3) is 0 Å². The van der Waals surface area contributed by atoms with E-state index in [9.17, 15) is 0 Å². The largest absolute Gasteiger partial charge is 0.399 e. The van der Waals surface area contributed by atoms with Gasteiger partial charge in [-0.2, -0.15) is 0 Å². The zero-order valence-electron chi connectivity index (χ0n) is 12.2. The average molecular weight is 258 g/mol. The summed E-state index contributed by atoms with van der Waals surface area (Å²) >= 11 is 0. The van der Waals surface area contributed by atoms with Crippen LogP contribution in [0.3, 0.4) is 0 Å². The van der Waals surface area contributed by atoms with Crippen LogP contribution < -0.4 is 11.1 Å². The van der Waals surface area contributed by atoms with Gasteiger partial charge < -0.3 is 11.1 Å². The standard InChI is InChI=1S/C17H26N2/c1-6-7-17(11-13(3)14(4)18)19-15(5)16-9-8-12(2)10-16/h6-7,11-12,16,19H,3-5,8-10,18H2,1-2H3/b7-6-,17-11+. The highest BCUT2D eigenvalue weighted by Crippen LogP contribution is 2.34. The second-order valence-electron chi connectivity index (χ2n) is 5.42. The van der Waals surface area contributed by atoms with Crippen LogP contribution >= 0.6 is 0 Å². The predicted octanol–water partition coefficient (Wildman–Crippen LogP) is 4.01. The highest BCUT2D eigenvalue weighted by Gasteiger charge is 2.23. The zero-order valence-corrected chi connectivity index (χ0v) is 12.2. The summed E-state index contributed by atoms with van der Waals surface area (Å²) in [5.41, 5.74) is 8.91. The van der Waals surface area contributed by atoms with E-state index in [1.807, 2.05) is 25.2 Å². The number of nitrogens with one attached hydrogen (secondary N) is 1. The normalized spacial score (nSPS) is 23.6. The van der Waals surface area contributed by atoms with Crippen LogP contribution in [0.2, 0.25) is 0 Å². The van der Waals surface area contributed by atoms with Crippen molar-refractivity contribution >= 4 is 0 Å². The molecular weight excluding hydrogens is 232 g/mol. The molecule has 104 valence electrons. The average Bonchev–Trinajstić information content (AvgIpc) is 2.76. The van der Waals surface area contributed by atoms with Crippen LogP contribution in [0.1, 0.15) is 33.1 Å². The van der Waals surface area contributed by atoms with Gasteiger partial charge in [-0.05, 0) is 49.3 Å². The Balaban J connectivity index is 2.71. The van der Waals surface area contributed by atoms with Gasteiger partial charge in [-0.1, -0.05) is 39.2 Å². The monoisotopic (exact) mass is 258 g/mol. The third-order valence-electron chi connectivity index (χ3n) is 3.58. The van der Waals surface area contributed by atoms with E-state index >= 15 is 0 Å². The fourth-order valence-corrected chi connectivity index (χ4v) is 2.40. The van der Waals surface area contributed by atoms with E-state index in [2.05, 4.69) is 32.0 Å². The molecule has 2 unspecified atom stereocenters. The van der Waals surface area contributed by atoms with Gasteiger partial charge in [0.05, 0.1) is 0 Å². The molecule has 1 aliphatic carbocycles. The molecule has 0 saturated heterocycles. The molecule has 0 heterocycles. The van der Waals surface area contributed by atoms with Crippen LogP contribution in [0.4, 0.5) is 0 Å². The second-order valence-corrected chi connectivity index (χ2v) is 5.42. The number of hydrogen-bond donors (Lipinski definition) is 2. The Morgan fingerprint density at radius 1 is 1.26 bits per heavy atom. The van der Waals surface area contributed by atoms with Crippen LogP contribution in [-0.2, 0) is 0 Å². The Hall–Kier alpha value is -1.70. The molecule has 0 aromatic rings. The molecule has 0 radical (unpaired) electrons. The first kappa shape index (κ1) is 15.4. The van der Waals surface area contributed by atoms with Gasteiger partial charge in [0.1, 0.15) is 0 Å². The summed E-state index contributed by atoms with van der Waals surface area (Å²) in [6, 6.07) is 0. The van der Waals surface area contributed by atoms with Gasteiger partial charge in [0.15, 0.2) is 0 Å². The topological polar surface area (TPSA) is 38.0 Å². The van der Waals surface area contributed by atoms with E-state index in [4.69, 9.17) is 5.73 Å². The maximum Gasteiger partial charge on any atom is 0.0384 e. The molecule has 0 aromatic carbocycles. The molecule has 1 rings (SSSR count). The van der Waals surface area contributed by atoms with Crippen molar-refractivity contribution in [3.05, 3.63) is 60.6 Å². The number of rotatable bonds is 6. The van der Waals surface area contributed by atoms with Crippen molar-refractivity contribution in [2.45, 2.75) is 33.1 Å². The Morgan fingerprint density at radius 2 is 1.95 bits per heavy atom. The van der Waals surface area contributed by atoms with Crippen molar-refractivity contribution in [1.29, 1.82) is 0 Å². The molecule has 1 fully saturated rings. The van der Waals surface area contributed by atoms with E-state index in [0.717, 1.165) is 22.9 Å². The van der Waals surface area contributed by atoms with E-state index in [-0.39, 0.29) is 0 Å². The minimum atomic E-state index is 0.490. The predicted molar refractivity (Wildman–Crippen MR) is 84.1 cm³/mol. The molecule has 19 heavy (non-hydrogen) atoms. The van der Waals surface area contributed by atoms with Crippen LogP contribution in [-0.4, -0.2) is 0 Å². The molecule has 2 atom stereocenters. The molecule has 3 N–H and O–H groups in total. The lowest BCUT2D eigenvalue weighted by Crippen LogP contribution is -2.17. The fourth-order valence-electron chi connectivity index (χ4n) is 2.40. The first-order valence-corrected chi connectivity index (χ1v) is 6.88. The number of allylic oxidation sites excluding steroid dienone is 4. The molecular formula is C17H26N2. The molecule has 0 spiro atoms. The lowest BCUT2D eigenvalue weighted by atomic mass is 10.0. The van der Waals surface area contributed by atoms with Gasteiger partial charge in [0.2, 0.25) is 0 Å². The molecule has 0 amide bonds. The molecule has 0 bridgehead atoms. The SMILES string of the molecule is C=C(N)C(=C)/C=C(\C=C/C)NC(=C)C1CCC(C)C1. The van der Waals surface area contributed by atoms with Crippen LogP contribution in [0, 0.1) is 11.8 Å². The van der Waals surface area contributed by atoms with Crippen molar-refractivity contribution in [2.75, 3.05) is 0 Å². The van der Waals surface area contributed by atoms with Gasteiger partial charge in [0, 0.05) is 17.1 Å². The van der Waals surface area contributed by atoms with Crippen LogP contribution in [0.15, 0.2) is 60.6 Å². The molecule has 2 heteroatoms. The van der Waals surface area contributed by atoms with E-state index in [0.29, 0.717) is 11.6 Å². The molecule has 1 saturated carbocycles. The smallest absolute Gasteiger partial charge is 0.0384 e. The van der Waals surface area contributed by atoms with Gasteiger partial charge in [-0.25, -0.2) is 0 Å². The minimum Gasteiger partial charge on any atom is -0.399 e. The summed E-state index contributed by atoms with van der Waals surface area (Å²) in [6.45, 7) is 16.0. The summed E-state index contributed by atoms with van der Waals surface area (Å²) < 4.78 is 0. The summed E-state index contributed by atoms with van der Waals surface area (Å²) in [5.74, 6) is 1.37. The molecule has 1 aliphatic rings. The summed E-state index contributed by atoms with van der Waals surface area (Å²) in [5, 5.41) is 3.39. The third-order valence-corrected chi connectivity index (χ3v) is 3.58. The Labute approximate surface area is 117 Å². The Kier molecular flexibility index (Phi) is 5.68. The highest BCUT2D eigenvalue weighted by molar-refractivity contribution is 5.39. The van der Waals surface area contributed by atoms with E-state index in [1.165, 1.54) is 19.3 Å². The first-order chi connectivity index (χ1) is 8.93. The van der Waals surface area contributed by atoms with Crippen molar-refractivity contribution < 1.29 is 0 Å². The maximum atomic E-state index is 5.64. The molecule has 0 aliphatic heterocycles. The molecule has 0 aromatic heterocycles. The van der Waals surface area contributed by atoms with Gasteiger partial charge in [-0.3, -0.25) is 0 Å². The summed E-state index contributed by atoms with van der Waals surface area (Å²) in [7, 11) is 0. The van der Waals surface area contributed by atoms with Crippen molar-refractivity contribution in [3.63, 3.8) is 0 Å². The van der Waals surface area contributed by atoms with Gasteiger partial charge >= 0.3 is 0 Å². The minimum absolute atomic E-state index is 0.490. The van der Waals surface area contributed by atoms with Crippen LogP contribution in [0.5, 0.6) is 0 Å². The van der Waals surface area contributed by atoms with Gasteiger partial charge in [-0.15, -0.1) is 0 Å². The summed E-state index contributed by atoms with van der Waals surface area (Å²) in [4.78, 5) is 0. The van der Waals surface area contributed by atoms with E-state index < -0.39 is 0 Å². The quantitative estimate of drug-likeness (QED) is 0.706. The van der Waals surface area contributed by atoms with Crippen molar-refractivity contribution in [1.82, 2.24) is 5.32 Å². The van der Waals surface area contributed by atoms with Crippen molar-refractivity contribution in [2.24, 2.45) is 17.6 Å². The summed E-state index contributed by atoms with van der Waals surface area (Å²) in [6.07, 6.45) is 9.63. The van der Waals surface area contributed by atoms with E-state index in [1.54, 1.807) is 0 Å². The zero-order chi connectivity index (χ0) is 14.4.